The molecule has 1 aliphatic heterocycles. The number of Topliss-reactive ketones (excluding diaryl/α,β-unsaturated/α-hetero) is 1. The second-order valence-corrected chi connectivity index (χ2v) is 9.77. The minimum absolute atomic E-state index is 0.0664. The lowest BCUT2D eigenvalue weighted by Gasteiger charge is -2.30. The van der Waals surface area contributed by atoms with E-state index in [0.29, 0.717) is 30.5 Å². The molecule has 7 nitrogen and oxygen atoms in total. The number of rotatable bonds is 9. The molecule has 1 fully saturated rings. The van der Waals surface area contributed by atoms with Crippen molar-refractivity contribution in [2.45, 2.75) is 38.8 Å². The molecule has 0 aromatic carbocycles. The molecule has 1 unspecified atom stereocenters. The third-order valence-corrected chi connectivity index (χ3v) is 7.50. The Morgan fingerprint density at radius 1 is 1.24 bits per heavy atom. The molecule has 1 aliphatic rings. The molecule has 1 saturated heterocycles. The van der Waals surface area contributed by atoms with Gasteiger partial charge in [0, 0.05) is 48.2 Å². The van der Waals surface area contributed by atoms with Gasteiger partial charge < -0.3 is 16.0 Å². The van der Waals surface area contributed by atoms with Crippen molar-refractivity contribution in [2.75, 3.05) is 30.7 Å². The Hall–Kier alpha value is -2.75. The van der Waals surface area contributed by atoms with Crippen LogP contribution in [0, 0.1) is 0 Å². The van der Waals surface area contributed by atoms with Crippen LogP contribution in [0.5, 0.6) is 0 Å². The van der Waals surface area contributed by atoms with Gasteiger partial charge in [-0.3, -0.25) is 14.7 Å². The summed E-state index contributed by atoms with van der Waals surface area (Å²) in [5.74, 6) is -0.0664. The van der Waals surface area contributed by atoms with Gasteiger partial charge in [-0.15, -0.1) is 11.3 Å². The third-order valence-electron chi connectivity index (χ3n) is 6.01. The highest BCUT2D eigenvalue weighted by molar-refractivity contribution is 7.08. The minimum atomic E-state index is -0.121. The third kappa shape index (κ3) is 5.98. The summed E-state index contributed by atoms with van der Waals surface area (Å²) in [5.41, 5.74) is 9.49. The van der Waals surface area contributed by atoms with Gasteiger partial charge >= 0.3 is 6.03 Å². The number of hydrogen-bond donors (Lipinski definition) is 2. The van der Waals surface area contributed by atoms with E-state index in [1.54, 1.807) is 23.6 Å². The number of anilines is 2. The van der Waals surface area contributed by atoms with E-state index >= 15 is 0 Å². The van der Waals surface area contributed by atoms with Gasteiger partial charge in [-0.2, -0.15) is 11.3 Å². The van der Waals surface area contributed by atoms with Gasteiger partial charge in [0.15, 0.2) is 5.78 Å². The van der Waals surface area contributed by atoms with E-state index in [9.17, 15) is 9.59 Å². The van der Waals surface area contributed by atoms with Gasteiger partial charge in [-0.25, -0.2) is 4.79 Å². The molecule has 9 heteroatoms. The quantitative estimate of drug-likeness (QED) is 0.429. The number of likely N-dealkylation sites (tertiary alicyclic amines) is 1. The first-order valence-corrected chi connectivity index (χ1v) is 13.0. The van der Waals surface area contributed by atoms with Gasteiger partial charge in [0.25, 0.3) is 0 Å². The summed E-state index contributed by atoms with van der Waals surface area (Å²) in [6.07, 6.45) is 4.19. The van der Waals surface area contributed by atoms with Crippen LogP contribution in [0.2, 0.25) is 0 Å². The van der Waals surface area contributed by atoms with E-state index in [4.69, 9.17) is 5.73 Å². The molecule has 4 rings (SSSR count). The lowest BCUT2D eigenvalue weighted by Crippen LogP contribution is -2.44. The topological polar surface area (TPSA) is 91.6 Å². The smallest absolute Gasteiger partial charge is 0.322 e. The molecule has 0 spiro atoms. The molecule has 33 heavy (non-hydrogen) atoms. The largest absolute Gasteiger partial charge is 0.398 e. The first-order valence-electron chi connectivity index (χ1n) is 11.1. The van der Waals surface area contributed by atoms with Crippen LogP contribution >= 0.6 is 22.7 Å². The number of thiophene rings is 2. The number of nitrogen functional groups attached to an aromatic ring is 1. The van der Waals surface area contributed by atoms with Gasteiger partial charge in [0.05, 0.1) is 5.69 Å². The fourth-order valence-corrected chi connectivity index (χ4v) is 5.51. The van der Waals surface area contributed by atoms with E-state index in [1.807, 2.05) is 38.6 Å². The molecule has 0 bridgehead atoms. The summed E-state index contributed by atoms with van der Waals surface area (Å²) >= 11 is 3.04. The van der Waals surface area contributed by atoms with Crippen molar-refractivity contribution in [1.82, 2.24) is 14.8 Å². The van der Waals surface area contributed by atoms with Crippen molar-refractivity contribution < 1.29 is 9.59 Å². The molecule has 3 aromatic rings. The van der Waals surface area contributed by atoms with Crippen LogP contribution in [0.1, 0.15) is 41.4 Å². The van der Waals surface area contributed by atoms with E-state index in [0.717, 1.165) is 42.7 Å². The number of carbonyl (C=O) groups excluding carboxylic acids is 2. The Kier molecular flexibility index (Phi) is 7.74. The van der Waals surface area contributed by atoms with E-state index < -0.39 is 0 Å². The molecule has 3 aromatic heterocycles. The first-order chi connectivity index (χ1) is 16.0. The Morgan fingerprint density at radius 2 is 2.12 bits per heavy atom. The van der Waals surface area contributed by atoms with E-state index in [-0.39, 0.29) is 18.2 Å². The maximum atomic E-state index is 13.1. The predicted octanol–water partition coefficient (Wildman–Crippen LogP) is 4.73. The number of pyridine rings is 1. The summed E-state index contributed by atoms with van der Waals surface area (Å²) in [4.78, 5) is 34.4. The summed E-state index contributed by atoms with van der Waals surface area (Å²) in [6, 6.07) is 5.76. The van der Waals surface area contributed by atoms with Gasteiger partial charge in [-0.05, 0) is 60.0 Å². The van der Waals surface area contributed by atoms with Crippen molar-refractivity contribution in [2.24, 2.45) is 0 Å². The van der Waals surface area contributed by atoms with Gasteiger partial charge in [-0.1, -0.05) is 13.0 Å². The number of amides is 2. The Balaban J connectivity index is 1.44. The van der Waals surface area contributed by atoms with E-state index in [2.05, 4.69) is 22.1 Å². The fraction of sp³-hybridized carbons (Fsp3) is 0.375. The first kappa shape index (κ1) is 23.4. The predicted molar refractivity (Wildman–Crippen MR) is 135 cm³/mol. The number of hydrogen-bond acceptors (Lipinski definition) is 7. The molecule has 0 aliphatic carbocycles. The summed E-state index contributed by atoms with van der Waals surface area (Å²) in [6.45, 7) is 5.31. The highest BCUT2D eigenvalue weighted by Crippen LogP contribution is 2.21. The highest BCUT2D eigenvalue weighted by atomic mass is 32.1. The van der Waals surface area contributed by atoms with Crippen molar-refractivity contribution in [3.63, 3.8) is 0 Å². The Morgan fingerprint density at radius 3 is 2.79 bits per heavy atom. The Bertz CT molecular complexity index is 1060. The maximum Gasteiger partial charge on any atom is 0.322 e. The van der Waals surface area contributed by atoms with Crippen molar-refractivity contribution in [1.29, 1.82) is 0 Å². The number of aromatic nitrogens is 1. The number of nitrogens with two attached hydrogens (primary N) is 1. The number of likely N-dealkylation sites (N-methyl/N-ethyl adjacent to an activating group) is 1. The molecule has 2 amide bonds. The molecular formula is C24H29N5O2S2. The number of nitrogens with zero attached hydrogens (tertiary/aromatic N) is 3. The number of ketones is 1. The van der Waals surface area contributed by atoms with Crippen molar-refractivity contribution in [3.8, 4) is 0 Å². The summed E-state index contributed by atoms with van der Waals surface area (Å²) in [7, 11) is 0. The van der Waals surface area contributed by atoms with E-state index in [1.165, 1.54) is 11.3 Å². The lowest BCUT2D eigenvalue weighted by molar-refractivity contribution is 0.0988. The van der Waals surface area contributed by atoms with Crippen LogP contribution < -0.4 is 11.1 Å². The molecule has 3 N–H and O–H groups in total. The molecule has 0 radical (unpaired) electrons. The van der Waals surface area contributed by atoms with Crippen LogP contribution in [0.3, 0.4) is 0 Å². The van der Waals surface area contributed by atoms with Crippen LogP contribution in [0.15, 0.2) is 45.9 Å². The zero-order valence-corrected chi connectivity index (χ0v) is 20.3. The number of carbonyl (C=O) groups is 2. The maximum absolute atomic E-state index is 13.1. The molecular weight excluding hydrogens is 454 g/mol. The van der Waals surface area contributed by atoms with Crippen LogP contribution in [0.4, 0.5) is 16.2 Å². The highest BCUT2D eigenvalue weighted by Gasteiger charge is 2.27. The SMILES string of the molecule is CCN1CCCC1CN(Cc1ccc(C(=O)Cc2cscc2N)nc1)C(=O)Nc1ccsc1. The van der Waals surface area contributed by atoms with Crippen LogP contribution in [0.25, 0.3) is 0 Å². The average Bonchev–Trinajstić information content (AvgIpc) is 3.57. The lowest BCUT2D eigenvalue weighted by atomic mass is 10.1. The standard InChI is InChI=1S/C24H29N5O2S2/c1-2-28-8-3-4-20(28)13-29(24(31)27-19-7-9-32-15-19)12-17-5-6-22(26-11-17)23(30)10-18-14-33-16-21(18)25/h5-7,9,11,14-16,20H,2-4,8,10,12-13,25H2,1H3,(H,27,31). The zero-order valence-electron chi connectivity index (χ0n) is 18.7. The second-order valence-electron chi connectivity index (χ2n) is 8.25. The molecule has 0 saturated carbocycles. The second kappa shape index (κ2) is 10.9. The molecule has 174 valence electrons. The minimum Gasteiger partial charge on any atom is -0.398 e. The number of nitrogens with one attached hydrogen (secondary N) is 1. The summed E-state index contributed by atoms with van der Waals surface area (Å²) < 4.78 is 0. The average molecular weight is 484 g/mol. The van der Waals surface area contributed by atoms with Gasteiger partial charge in [0.2, 0.25) is 0 Å². The monoisotopic (exact) mass is 483 g/mol. The summed E-state index contributed by atoms with van der Waals surface area (Å²) in [5, 5.41) is 10.6. The normalized spacial score (nSPS) is 16.1. The van der Waals surface area contributed by atoms with Crippen LogP contribution in [-0.2, 0) is 13.0 Å². The van der Waals surface area contributed by atoms with Crippen LogP contribution in [-0.4, -0.2) is 52.3 Å². The van der Waals surface area contributed by atoms with Gasteiger partial charge in [0.1, 0.15) is 5.69 Å². The van der Waals surface area contributed by atoms with Crippen molar-refractivity contribution in [3.05, 3.63) is 62.7 Å². The fourth-order valence-electron chi connectivity index (χ4n) is 4.17. The molecule has 4 heterocycles. The van der Waals surface area contributed by atoms with Crippen molar-refractivity contribution >= 4 is 45.9 Å². The number of urea groups is 1. The molecule has 1 atom stereocenters. The Labute approximate surface area is 202 Å². The zero-order chi connectivity index (χ0) is 23.2.